The fourth-order valence-electron chi connectivity index (χ4n) is 3.64. The van der Waals surface area contributed by atoms with E-state index in [-0.39, 0.29) is 11.8 Å². The SMILES string of the molecule is CC(C)N1CC2=C(OC(N)=C(C#N)C2c2ccsc2)/C(=C/c2ccsc2)C1. The summed E-state index contributed by atoms with van der Waals surface area (Å²) in [4.78, 5) is 2.41. The van der Waals surface area contributed by atoms with Gasteiger partial charge in [0.1, 0.15) is 17.4 Å². The molecule has 2 aromatic heterocycles. The molecular formula is C21H21N3OS2. The van der Waals surface area contributed by atoms with Gasteiger partial charge in [0.15, 0.2) is 0 Å². The van der Waals surface area contributed by atoms with E-state index >= 15 is 0 Å². The Bertz CT molecular complexity index is 960. The van der Waals surface area contributed by atoms with Crippen LogP contribution in [-0.2, 0) is 4.74 Å². The molecule has 0 fully saturated rings. The highest BCUT2D eigenvalue weighted by Crippen LogP contribution is 2.44. The van der Waals surface area contributed by atoms with Gasteiger partial charge in [0, 0.05) is 24.7 Å². The van der Waals surface area contributed by atoms with Crippen molar-refractivity contribution < 1.29 is 4.74 Å². The molecule has 4 rings (SSSR count). The van der Waals surface area contributed by atoms with Gasteiger partial charge in [-0.3, -0.25) is 4.90 Å². The standard InChI is InChI=1S/C21H21N3OS2/c1-13(2)24-9-16(7-14-3-5-26-11-14)20-18(10-24)19(15-4-6-27-12-15)17(8-22)21(23)25-20/h3-7,11-13,19H,9-10,23H2,1-2H3/b16-7+. The Morgan fingerprint density at radius 3 is 2.67 bits per heavy atom. The van der Waals surface area contributed by atoms with E-state index in [9.17, 15) is 5.26 Å². The largest absolute Gasteiger partial charge is 0.440 e. The molecule has 2 aromatic rings. The molecular weight excluding hydrogens is 374 g/mol. The first-order valence-electron chi connectivity index (χ1n) is 8.88. The van der Waals surface area contributed by atoms with Crippen LogP contribution in [0, 0.1) is 11.3 Å². The molecule has 2 aliphatic heterocycles. The zero-order valence-electron chi connectivity index (χ0n) is 15.3. The Balaban J connectivity index is 1.87. The fraction of sp³-hybridized carbons (Fsp3) is 0.286. The van der Waals surface area contributed by atoms with Crippen LogP contribution >= 0.6 is 22.7 Å². The lowest BCUT2D eigenvalue weighted by Gasteiger charge is -2.39. The zero-order chi connectivity index (χ0) is 19.0. The number of nitriles is 1. The highest BCUT2D eigenvalue weighted by atomic mass is 32.1. The second kappa shape index (κ2) is 7.35. The Labute approximate surface area is 167 Å². The van der Waals surface area contributed by atoms with E-state index in [0.717, 1.165) is 41.1 Å². The van der Waals surface area contributed by atoms with Crippen molar-refractivity contribution in [3.05, 3.63) is 73.1 Å². The number of nitrogens with two attached hydrogens (primary N) is 1. The molecule has 0 bridgehead atoms. The van der Waals surface area contributed by atoms with Crippen LogP contribution in [0.5, 0.6) is 0 Å². The van der Waals surface area contributed by atoms with E-state index in [1.165, 1.54) is 0 Å². The molecule has 0 saturated heterocycles. The Morgan fingerprint density at radius 2 is 2.04 bits per heavy atom. The monoisotopic (exact) mass is 395 g/mol. The average molecular weight is 396 g/mol. The molecule has 1 unspecified atom stereocenters. The van der Waals surface area contributed by atoms with E-state index in [4.69, 9.17) is 10.5 Å². The lowest BCUT2D eigenvalue weighted by molar-refractivity contribution is 0.208. The number of allylic oxidation sites excluding steroid dienone is 1. The highest BCUT2D eigenvalue weighted by Gasteiger charge is 2.38. The Kier molecular flexibility index (Phi) is 4.92. The Hall–Kier alpha value is -2.33. The van der Waals surface area contributed by atoms with E-state index in [0.29, 0.717) is 11.6 Å². The summed E-state index contributed by atoms with van der Waals surface area (Å²) in [7, 11) is 0. The molecule has 27 heavy (non-hydrogen) atoms. The molecule has 4 heterocycles. The molecule has 2 aliphatic rings. The number of nitrogens with zero attached hydrogens (tertiary/aromatic N) is 2. The first kappa shape index (κ1) is 18.1. The fourth-order valence-corrected chi connectivity index (χ4v) is 4.94. The third-order valence-corrected chi connectivity index (χ3v) is 6.46. The number of hydrogen-bond acceptors (Lipinski definition) is 6. The minimum absolute atomic E-state index is 0.141. The molecule has 1 atom stereocenters. The Morgan fingerprint density at radius 1 is 1.26 bits per heavy atom. The zero-order valence-corrected chi connectivity index (χ0v) is 16.9. The summed E-state index contributed by atoms with van der Waals surface area (Å²) >= 11 is 3.31. The maximum atomic E-state index is 9.76. The molecule has 0 saturated carbocycles. The van der Waals surface area contributed by atoms with E-state index in [1.807, 2.05) is 5.38 Å². The van der Waals surface area contributed by atoms with Gasteiger partial charge in [-0.1, -0.05) is 0 Å². The topological polar surface area (TPSA) is 62.3 Å². The smallest absolute Gasteiger partial charge is 0.205 e. The van der Waals surface area contributed by atoms with Crippen molar-refractivity contribution >= 4 is 28.7 Å². The van der Waals surface area contributed by atoms with Gasteiger partial charge in [0.05, 0.1) is 5.92 Å². The highest BCUT2D eigenvalue weighted by molar-refractivity contribution is 7.08. The van der Waals surface area contributed by atoms with Crippen molar-refractivity contribution in [1.29, 1.82) is 5.26 Å². The number of rotatable bonds is 3. The molecule has 6 heteroatoms. The van der Waals surface area contributed by atoms with Gasteiger partial charge < -0.3 is 10.5 Å². The molecule has 0 aliphatic carbocycles. The van der Waals surface area contributed by atoms with E-state index in [2.05, 4.69) is 59.2 Å². The van der Waals surface area contributed by atoms with Crippen molar-refractivity contribution in [2.24, 2.45) is 5.73 Å². The summed E-state index contributed by atoms with van der Waals surface area (Å²) in [6, 6.07) is 6.86. The second-order valence-corrected chi connectivity index (χ2v) is 8.62. The van der Waals surface area contributed by atoms with Crippen molar-refractivity contribution in [3.8, 4) is 6.07 Å². The first-order valence-corrected chi connectivity index (χ1v) is 10.8. The predicted octanol–water partition coefficient (Wildman–Crippen LogP) is 4.68. The summed E-state index contributed by atoms with van der Waals surface area (Å²) in [5.74, 6) is 0.921. The molecule has 4 nitrogen and oxygen atoms in total. The van der Waals surface area contributed by atoms with Crippen LogP contribution in [0.15, 0.2) is 62.0 Å². The van der Waals surface area contributed by atoms with Crippen molar-refractivity contribution in [2.75, 3.05) is 13.1 Å². The lowest BCUT2D eigenvalue weighted by Crippen LogP contribution is -2.41. The van der Waals surface area contributed by atoms with Gasteiger partial charge in [-0.25, -0.2) is 0 Å². The minimum Gasteiger partial charge on any atom is -0.440 e. The van der Waals surface area contributed by atoms with Crippen molar-refractivity contribution in [3.63, 3.8) is 0 Å². The lowest BCUT2D eigenvalue weighted by atomic mass is 9.81. The van der Waals surface area contributed by atoms with Crippen LogP contribution in [0.25, 0.3) is 6.08 Å². The van der Waals surface area contributed by atoms with Gasteiger partial charge in [0.25, 0.3) is 0 Å². The molecule has 0 amide bonds. The van der Waals surface area contributed by atoms with Crippen molar-refractivity contribution in [2.45, 2.75) is 25.8 Å². The summed E-state index contributed by atoms with van der Waals surface area (Å²) in [5.41, 5.74) is 11.2. The third kappa shape index (κ3) is 3.34. The molecule has 0 spiro atoms. The van der Waals surface area contributed by atoms with Crippen LogP contribution < -0.4 is 5.73 Å². The van der Waals surface area contributed by atoms with Crippen LogP contribution in [0.2, 0.25) is 0 Å². The molecule has 0 radical (unpaired) electrons. The number of hydrogen-bond donors (Lipinski definition) is 1. The summed E-state index contributed by atoms with van der Waals surface area (Å²) in [5, 5.41) is 18.1. The quantitative estimate of drug-likeness (QED) is 0.820. The van der Waals surface area contributed by atoms with Crippen LogP contribution in [0.3, 0.4) is 0 Å². The van der Waals surface area contributed by atoms with Gasteiger partial charge in [-0.05, 0) is 70.3 Å². The minimum atomic E-state index is -0.141. The number of ether oxygens (including phenoxy) is 1. The van der Waals surface area contributed by atoms with Crippen LogP contribution in [0.1, 0.15) is 30.9 Å². The van der Waals surface area contributed by atoms with Gasteiger partial charge in [-0.2, -0.15) is 27.9 Å². The van der Waals surface area contributed by atoms with Gasteiger partial charge in [0.2, 0.25) is 5.88 Å². The normalized spacial score (nSPS) is 22.1. The molecule has 138 valence electrons. The van der Waals surface area contributed by atoms with Crippen molar-refractivity contribution in [1.82, 2.24) is 4.90 Å². The molecule has 0 aromatic carbocycles. The van der Waals surface area contributed by atoms with Gasteiger partial charge in [-0.15, -0.1) is 0 Å². The summed E-state index contributed by atoms with van der Waals surface area (Å²) < 4.78 is 6.04. The third-order valence-electron chi connectivity index (χ3n) is 5.06. The van der Waals surface area contributed by atoms with Crippen LogP contribution in [-0.4, -0.2) is 24.0 Å². The number of thiophene rings is 2. The van der Waals surface area contributed by atoms with E-state index < -0.39 is 0 Å². The first-order chi connectivity index (χ1) is 13.1. The van der Waals surface area contributed by atoms with Gasteiger partial charge >= 0.3 is 0 Å². The van der Waals surface area contributed by atoms with E-state index in [1.54, 1.807) is 22.7 Å². The average Bonchev–Trinajstić information content (AvgIpc) is 3.34. The predicted molar refractivity (Wildman–Crippen MR) is 111 cm³/mol. The maximum absolute atomic E-state index is 9.76. The molecule has 2 N–H and O–H groups in total. The summed E-state index contributed by atoms with van der Waals surface area (Å²) in [6.07, 6.45) is 2.18. The summed E-state index contributed by atoms with van der Waals surface area (Å²) in [6.45, 7) is 5.98. The van der Waals surface area contributed by atoms with Crippen LogP contribution in [0.4, 0.5) is 0 Å². The second-order valence-electron chi connectivity index (χ2n) is 7.06. The maximum Gasteiger partial charge on any atom is 0.205 e.